The summed E-state index contributed by atoms with van der Waals surface area (Å²) in [5, 5.41) is 9.47. The minimum atomic E-state index is -3.40. The van der Waals surface area contributed by atoms with Gasteiger partial charge in [-0.25, -0.2) is 12.7 Å². The Kier molecular flexibility index (Phi) is 4.67. The number of rotatable bonds is 4. The first-order chi connectivity index (χ1) is 9.38. The fourth-order valence-electron chi connectivity index (χ4n) is 2.26. The van der Waals surface area contributed by atoms with Crippen molar-refractivity contribution in [1.29, 1.82) is 0 Å². The van der Waals surface area contributed by atoms with E-state index in [4.69, 9.17) is 16.7 Å². The molecule has 1 aromatic carbocycles. The van der Waals surface area contributed by atoms with Crippen molar-refractivity contribution >= 4 is 27.6 Å². The van der Waals surface area contributed by atoms with Crippen molar-refractivity contribution in [3.63, 3.8) is 0 Å². The van der Waals surface area contributed by atoms with Crippen LogP contribution < -0.4 is 0 Å². The van der Waals surface area contributed by atoms with E-state index in [2.05, 4.69) is 0 Å². The van der Waals surface area contributed by atoms with Crippen LogP contribution in [-0.4, -0.2) is 36.9 Å². The first-order valence-electron chi connectivity index (χ1n) is 6.33. The maximum absolute atomic E-state index is 12.3. The predicted octanol–water partition coefficient (Wildman–Crippen LogP) is 1.97. The van der Waals surface area contributed by atoms with Crippen LogP contribution in [0.4, 0.5) is 0 Å². The molecule has 0 aromatic heterocycles. The summed E-state index contributed by atoms with van der Waals surface area (Å²) in [5.41, 5.74) is 0.676. The van der Waals surface area contributed by atoms with Crippen LogP contribution in [-0.2, 0) is 20.6 Å². The molecule has 1 aromatic rings. The number of carboxylic acid groups (broad SMARTS) is 1. The SMILES string of the molecule is O=C(O)C1CCN(S(=O)(=O)Cc2ccc(Cl)cc2)CC1. The molecule has 1 heterocycles. The van der Waals surface area contributed by atoms with Crippen molar-refractivity contribution in [2.75, 3.05) is 13.1 Å². The predicted molar refractivity (Wildman–Crippen MR) is 76.0 cm³/mol. The van der Waals surface area contributed by atoms with Gasteiger partial charge in [-0.2, -0.15) is 0 Å². The smallest absolute Gasteiger partial charge is 0.306 e. The molecule has 0 aliphatic carbocycles. The lowest BCUT2D eigenvalue weighted by Gasteiger charge is -2.29. The van der Waals surface area contributed by atoms with E-state index >= 15 is 0 Å². The van der Waals surface area contributed by atoms with Gasteiger partial charge in [0, 0.05) is 18.1 Å². The van der Waals surface area contributed by atoms with Gasteiger partial charge in [0.2, 0.25) is 10.0 Å². The molecular formula is C13H16ClNO4S. The molecule has 0 radical (unpaired) electrons. The Morgan fingerprint density at radius 2 is 1.80 bits per heavy atom. The highest BCUT2D eigenvalue weighted by molar-refractivity contribution is 7.88. The molecule has 5 nitrogen and oxygen atoms in total. The number of carboxylic acids is 1. The first-order valence-corrected chi connectivity index (χ1v) is 8.32. The highest BCUT2D eigenvalue weighted by Gasteiger charge is 2.30. The van der Waals surface area contributed by atoms with Crippen molar-refractivity contribution in [2.24, 2.45) is 5.92 Å². The Labute approximate surface area is 123 Å². The second-order valence-electron chi connectivity index (χ2n) is 4.89. The Bertz CT molecular complexity index is 577. The molecule has 0 unspecified atom stereocenters. The molecule has 1 N–H and O–H groups in total. The lowest BCUT2D eigenvalue weighted by molar-refractivity contribution is -0.142. The second kappa shape index (κ2) is 6.11. The van der Waals surface area contributed by atoms with E-state index in [0.29, 0.717) is 23.4 Å². The van der Waals surface area contributed by atoms with Gasteiger partial charge >= 0.3 is 5.97 Å². The number of piperidine rings is 1. The van der Waals surface area contributed by atoms with Gasteiger partial charge in [-0.05, 0) is 30.5 Å². The van der Waals surface area contributed by atoms with Crippen molar-refractivity contribution in [3.05, 3.63) is 34.9 Å². The van der Waals surface area contributed by atoms with E-state index in [1.165, 1.54) is 4.31 Å². The largest absolute Gasteiger partial charge is 0.481 e. The summed E-state index contributed by atoms with van der Waals surface area (Å²) >= 11 is 5.76. The molecule has 1 aliphatic rings. The molecule has 20 heavy (non-hydrogen) atoms. The maximum atomic E-state index is 12.3. The van der Waals surface area contributed by atoms with E-state index in [0.717, 1.165) is 0 Å². The molecule has 1 aliphatic heterocycles. The maximum Gasteiger partial charge on any atom is 0.306 e. The highest BCUT2D eigenvalue weighted by Crippen LogP contribution is 2.22. The van der Waals surface area contributed by atoms with Crippen LogP contribution in [0, 0.1) is 5.92 Å². The summed E-state index contributed by atoms with van der Waals surface area (Å²) in [5.74, 6) is -1.36. The Balaban J connectivity index is 2.01. The molecule has 1 saturated heterocycles. The Hall–Kier alpha value is -1.11. The number of aliphatic carboxylic acids is 1. The first kappa shape index (κ1) is 15.3. The fourth-order valence-corrected chi connectivity index (χ4v) is 3.95. The van der Waals surface area contributed by atoms with Gasteiger partial charge in [-0.3, -0.25) is 4.79 Å². The zero-order valence-electron chi connectivity index (χ0n) is 10.8. The summed E-state index contributed by atoms with van der Waals surface area (Å²) in [7, 11) is -3.40. The monoisotopic (exact) mass is 317 g/mol. The Morgan fingerprint density at radius 1 is 1.25 bits per heavy atom. The molecule has 2 rings (SSSR count). The van der Waals surface area contributed by atoms with Gasteiger partial charge in [0.25, 0.3) is 0 Å². The van der Waals surface area contributed by atoms with E-state index < -0.39 is 21.9 Å². The zero-order valence-corrected chi connectivity index (χ0v) is 12.4. The van der Waals surface area contributed by atoms with Crippen LogP contribution in [0.3, 0.4) is 0 Å². The summed E-state index contributed by atoms with van der Waals surface area (Å²) in [6, 6.07) is 6.68. The van der Waals surface area contributed by atoms with E-state index in [-0.39, 0.29) is 18.8 Å². The number of carbonyl (C=O) groups is 1. The minimum absolute atomic E-state index is 0.0814. The fraction of sp³-hybridized carbons (Fsp3) is 0.462. The van der Waals surface area contributed by atoms with Crippen molar-refractivity contribution < 1.29 is 18.3 Å². The van der Waals surface area contributed by atoms with Gasteiger partial charge in [0.15, 0.2) is 0 Å². The summed E-state index contributed by atoms with van der Waals surface area (Å²) in [6.45, 7) is 0.541. The molecule has 7 heteroatoms. The molecule has 0 bridgehead atoms. The summed E-state index contributed by atoms with van der Waals surface area (Å²) in [6.07, 6.45) is 0.740. The van der Waals surface area contributed by atoms with Crippen molar-refractivity contribution in [2.45, 2.75) is 18.6 Å². The molecule has 0 amide bonds. The quantitative estimate of drug-likeness (QED) is 0.921. The van der Waals surface area contributed by atoms with Crippen LogP contribution >= 0.6 is 11.6 Å². The van der Waals surface area contributed by atoms with Crippen LogP contribution in [0.2, 0.25) is 5.02 Å². The standard InChI is InChI=1S/C13H16ClNO4S/c14-12-3-1-10(2-4-12)9-20(18,19)15-7-5-11(6-8-15)13(16)17/h1-4,11H,5-9H2,(H,16,17). The van der Waals surface area contributed by atoms with Gasteiger partial charge in [-0.1, -0.05) is 23.7 Å². The van der Waals surface area contributed by atoms with E-state index in [1.54, 1.807) is 24.3 Å². The van der Waals surface area contributed by atoms with E-state index in [9.17, 15) is 13.2 Å². The third-order valence-electron chi connectivity index (χ3n) is 3.46. The number of nitrogens with zero attached hydrogens (tertiary/aromatic N) is 1. The average Bonchev–Trinajstić information content (AvgIpc) is 2.41. The van der Waals surface area contributed by atoms with Gasteiger partial charge in [-0.15, -0.1) is 0 Å². The van der Waals surface area contributed by atoms with E-state index in [1.807, 2.05) is 0 Å². The number of benzene rings is 1. The molecule has 0 spiro atoms. The molecule has 0 atom stereocenters. The van der Waals surface area contributed by atoms with Crippen LogP contribution in [0.15, 0.2) is 24.3 Å². The number of hydrogen-bond donors (Lipinski definition) is 1. The third-order valence-corrected chi connectivity index (χ3v) is 5.56. The molecule has 1 fully saturated rings. The second-order valence-corrected chi connectivity index (χ2v) is 7.30. The number of sulfonamides is 1. The van der Waals surface area contributed by atoms with Crippen LogP contribution in [0.25, 0.3) is 0 Å². The lowest BCUT2D eigenvalue weighted by atomic mass is 9.99. The van der Waals surface area contributed by atoms with Gasteiger partial charge in [0.05, 0.1) is 11.7 Å². The minimum Gasteiger partial charge on any atom is -0.481 e. The van der Waals surface area contributed by atoms with Crippen molar-refractivity contribution in [1.82, 2.24) is 4.31 Å². The normalized spacial score (nSPS) is 18.1. The summed E-state index contributed by atoms with van der Waals surface area (Å²) < 4.78 is 25.9. The average molecular weight is 318 g/mol. The van der Waals surface area contributed by atoms with Gasteiger partial charge < -0.3 is 5.11 Å². The Morgan fingerprint density at radius 3 is 2.30 bits per heavy atom. The molecule has 0 saturated carbocycles. The third kappa shape index (κ3) is 3.71. The molecule has 110 valence electrons. The van der Waals surface area contributed by atoms with Crippen molar-refractivity contribution in [3.8, 4) is 0 Å². The van der Waals surface area contributed by atoms with Crippen LogP contribution in [0.5, 0.6) is 0 Å². The lowest BCUT2D eigenvalue weighted by Crippen LogP contribution is -2.40. The van der Waals surface area contributed by atoms with Crippen LogP contribution in [0.1, 0.15) is 18.4 Å². The number of hydrogen-bond acceptors (Lipinski definition) is 3. The highest BCUT2D eigenvalue weighted by atomic mass is 35.5. The zero-order chi connectivity index (χ0) is 14.8. The summed E-state index contributed by atoms with van der Waals surface area (Å²) in [4.78, 5) is 10.9. The topological polar surface area (TPSA) is 74.7 Å². The van der Waals surface area contributed by atoms with Gasteiger partial charge in [0.1, 0.15) is 0 Å². The number of halogens is 1. The molecular weight excluding hydrogens is 302 g/mol.